The molecule has 0 amide bonds. The van der Waals surface area contributed by atoms with Gasteiger partial charge < -0.3 is 15.0 Å². The molecular weight excluding hydrogens is 302 g/mol. The van der Waals surface area contributed by atoms with Crippen molar-refractivity contribution in [2.45, 2.75) is 39.5 Å². The fraction of sp³-hybridized carbons (Fsp3) is 0.579. The number of esters is 1. The monoisotopic (exact) mass is 333 g/mol. The second kappa shape index (κ2) is 11.6. The maximum Gasteiger partial charge on any atom is 0.313 e. The number of carbonyl (C=O) groups excluding carboxylic acids is 1. The number of hydrogen-bond donors (Lipinski definition) is 1. The summed E-state index contributed by atoms with van der Waals surface area (Å²) in [5, 5.41) is 3.01. The zero-order valence-electron chi connectivity index (χ0n) is 15.5. The minimum Gasteiger partial charge on any atom is -0.393 e. The van der Waals surface area contributed by atoms with Gasteiger partial charge in [-0.15, -0.1) is 0 Å². The Morgan fingerprint density at radius 2 is 1.92 bits per heavy atom. The maximum atomic E-state index is 12.0. The summed E-state index contributed by atoms with van der Waals surface area (Å²) in [5.41, 5.74) is 2.50. The normalized spacial score (nSPS) is 11.6. The van der Waals surface area contributed by atoms with E-state index < -0.39 is 0 Å². The lowest BCUT2D eigenvalue weighted by atomic mass is 10.1. The first-order valence-corrected chi connectivity index (χ1v) is 8.70. The van der Waals surface area contributed by atoms with Crippen molar-refractivity contribution in [3.8, 4) is 0 Å². The molecule has 0 spiro atoms. The van der Waals surface area contributed by atoms with Gasteiger partial charge >= 0.3 is 5.97 Å². The van der Waals surface area contributed by atoms with Crippen molar-refractivity contribution in [2.24, 2.45) is 4.99 Å². The maximum absolute atomic E-state index is 12.0. The standard InChI is InChI=1S/C19H31N3O2/c1-5-20-19(21-14-7-15-22(3)4)24-18(23)9-6-8-17-12-10-16(2)11-13-17/h10-13H,5-9,14-15H2,1-4H3,(H,20,21). The highest BCUT2D eigenvalue weighted by Gasteiger charge is 2.08. The van der Waals surface area contributed by atoms with Crippen LogP contribution in [0, 0.1) is 6.92 Å². The SMILES string of the molecule is CCNC(=NCCCN(C)C)OC(=O)CCCc1ccc(C)cc1. The van der Waals surface area contributed by atoms with Gasteiger partial charge in [0, 0.05) is 19.5 Å². The molecule has 0 aliphatic rings. The van der Waals surface area contributed by atoms with Crippen molar-refractivity contribution in [3.05, 3.63) is 35.4 Å². The van der Waals surface area contributed by atoms with Gasteiger partial charge in [-0.2, -0.15) is 0 Å². The van der Waals surface area contributed by atoms with E-state index in [0.717, 1.165) is 25.8 Å². The van der Waals surface area contributed by atoms with Crippen LogP contribution in [0.2, 0.25) is 0 Å². The fourth-order valence-electron chi connectivity index (χ4n) is 2.19. The summed E-state index contributed by atoms with van der Waals surface area (Å²) in [7, 11) is 4.06. The summed E-state index contributed by atoms with van der Waals surface area (Å²) >= 11 is 0. The van der Waals surface area contributed by atoms with E-state index in [1.165, 1.54) is 11.1 Å². The Hall–Kier alpha value is -1.88. The number of rotatable bonds is 9. The second-order valence-electron chi connectivity index (χ2n) is 6.19. The van der Waals surface area contributed by atoms with Gasteiger partial charge in [0.1, 0.15) is 0 Å². The van der Waals surface area contributed by atoms with E-state index in [-0.39, 0.29) is 5.97 Å². The van der Waals surface area contributed by atoms with Crippen LogP contribution >= 0.6 is 0 Å². The second-order valence-corrected chi connectivity index (χ2v) is 6.19. The van der Waals surface area contributed by atoms with E-state index in [2.05, 4.69) is 46.4 Å². The number of carbonyl (C=O) groups is 1. The van der Waals surface area contributed by atoms with Crippen LogP contribution in [-0.2, 0) is 16.0 Å². The molecule has 5 heteroatoms. The van der Waals surface area contributed by atoms with Crippen molar-refractivity contribution in [1.29, 1.82) is 0 Å². The summed E-state index contributed by atoms with van der Waals surface area (Å²) in [4.78, 5) is 18.4. The van der Waals surface area contributed by atoms with Crippen LogP contribution in [0.1, 0.15) is 37.3 Å². The van der Waals surface area contributed by atoms with Crippen LogP contribution < -0.4 is 5.32 Å². The third-order valence-corrected chi connectivity index (χ3v) is 3.52. The third-order valence-electron chi connectivity index (χ3n) is 3.52. The zero-order chi connectivity index (χ0) is 17.8. The van der Waals surface area contributed by atoms with Crippen LogP contribution in [0.5, 0.6) is 0 Å². The summed E-state index contributed by atoms with van der Waals surface area (Å²) in [6.07, 6.45) is 3.00. The van der Waals surface area contributed by atoms with Gasteiger partial charge in [-0.3, -0.25) is 4.79 Å². The molecule has 0 aliphatic heterocycles. The number of nitrogens with one attached hydrogen (secondary N) is 1. The van der Waals surface area contributed by atoms with E-state index in [0.29, 0.717) is 25.5 Å². The molecule has 24 heavy (non-hydrogen) atoms. The topological polar surface area (TPSA) is 53.9 Å². The molecule has 1 N–H and O–H groups in total. The summed E-state index contributed by atoms with van der Waals surface area (Å²) < 4.78 is 5.34. The number of hydrogen-bond acceptors (Lipinski definition) is 4. The van der Waals surface area contributed by atoms with Gasteiger partial charge in [0.25, 0.3) is 6.02 Å². The minimum atomic E-state index is -0.227. The molecule has 5 nitrogen and oxygen atoms in total. The largest absolute Gasteiger partial charge is 0.393 e. The Kier molecular flexibility index (Phi) is 9.77. The molecular formula is C19H31N3O2. The molecule has 0 aliphatic carbocycles. The summed E-state index contributed by atoms with van der Waals surface area (Å²) in [6.45, 7) is 6.33. The number of nitrogens with zero attached hydrogens (tertiary/aromatic N) is 2. The molecule has 1 aromatic carbocycles. The Balaban J connectivity index is 2.33. The van der Waals surface area contributed by atoms with E-state index in [1.807, 2.05) is 21.0 Å². The number of aryl methyl sites for hydroxylation is 2. The van der Waals surface area contributed by atoms with Crippen molar-refractivity contribution >= 4 is 12.0 Å². The van der Waals surface area contributed by atoms with Gasteiger partial charge in [0.2, 0.25) is 0 Å². The highest BCUT2D eigenvalue weighted by molar-refractivity contribution is 5.87. The Morgan fingerprint density at radius 3 is 2.54 bits per heavy atom. The van der Waals surface area contributed by atoms with Crippen molar-refractivity contribution in [1.82, 2.24) is 10.2 Å². The summed E-state index contributed by atoms with van der Waals surface area (Å²) in [6, 6.07) is 8.75. The lowest BCUT2D eigenvalue weighted by Gasteiger charge is -2.10. The molecule has 0 unspecified atom stereocenters. The van der Waals surface area contributed by atoms with Crippen LogP contribution in [0.15, 0.2) is 29.3 Å². The quantitative estimate of drug-likeness (QED) is 0.327. The van der Waals surface area contributed by atoms with E-state index in [9.17, 15) is 4.79 Å². The van der Waals surface area contributed by atoms with E-state index in [4.69, 9.17) is 4.74 Å². The number of ether oxygens (including phenoxy) is 1. The predicted molar refractivity (Wildman–Crippen MR) is 99.4 cm³/mol. The zero-order valence-corrected chi connectivity index (χ0v) is 15.5. The molecule has 0 heterocycles. The van der Waals surface area contributed by atoms with E-state index in [1.54, 1.807) is 0 Å². The molecule has 0 bridgehead atoms. The first kappa shape index (κ1) is 20.2. The van der Waals surface area contributed by atoms with Crippen molar-refractivity contribution in [2.75, 3.05) is 33.7 Å². The minimum absolute atomic E-state index is 0.227. The molecule has 0 saturated heterocycles. The average Bonchev–Trinajstić information content (AvgIpc) is 2.53. The molecule has 134 valence electrons. The number of benzene rings is 1. The van der Waals surface area contributed by atoms with Gasteiger partial charge in [0.05, 0.1) is 0 Å². The molecule has 0 saturated carbocycles. The van der Waals surface area contributed by atoms with Gasteiger partial charge in [-0.1, -0.05) is 29.8 Å². The predicted octanol–water partition coefficient (Wildman–Crippen LogP) is 2.78. The van der Waals surface area contributed by atoms with Gasteiger partial charge in [-0.05, 0) is 59.3 Å². The van der Waals surface area contributed by atoms with Crippen molar-refractivity contribution < 1.29 is 9.53 Å². The van der Waals surface area contributed by atoms with Crippen LogP contribution in [-0.4, -0.2) is 50.6 Å². The van der Waals surface area contributed by atoms with Gasteiger partial charge in [0.15, 0.2) is 0 Å². The smallest absolute Gasteiger partial charge is 0.313 e. The van der Waals surface area contributed by atoms with Crippen LogP contribution in [0.4, 0.5) is 0 Å². The first-order chi connectivity index (χ1) is 11.5. The number of amidine groups is 1. The Morgan fingerprint density at radius 1 is 1.21 bits per heavy atom. The molecule has 0 fully saturated rings. The molecule has 1 aromatic rings. The molecule has 0 aromatic heterocycles. The van der Waals surface area contributed by atoms with E-state index >= 15 is 0 Å². The number of aliphatic imine (C=N–C) groups is 1. The van der Waals surface area contributed by atoms with Crippen molar-refractivity contribution in [3.63, 3.8) is 0 Å². The molecule has 1 rings (SSSR count). The molecule has 0 radical (unpaired) electrons. The highest BCUT2D eigenvalue weighted by Crippen LogP contribution is 2.07. The first-order valence-electron chi connectivity index (χ1n) is 8.70. The Labute approximate surface area is 146 Å². The lowest BCUT2D eigenvalue weighted by Crippen LogP contribution is -2.29. The third kappa shape index (κ3) is 9.30. The highest BCUT2D eigenvalue weighted by atomic mass is 16.6. The lowest BCUT2D eigenvalue weighted by molar-refractivity contribution is -0.135. The molecule has 0 atom stereocenters. The van der Waals surface area contributed by atoms with Gasteiger partial charge in [-0.25, -0.2) is 4.99 Å². The fourth-order valence-corrected chi connectivity index (χ4v) is 2.19. The Bertz CT molecular complexity index is 510. The summed E-state index contributed by atoms with van der Waals surface area (Å²) in [5.74, 6) is -0.227. The average molecular weight is 333 g/mol. The van der Waals surface area contributed by atoms with Crippen LogP contribution in [0.3, 0.4) is 0 Å². The van der Waals surface area contributed by atoms with Crippen LogP contribution in [0.25, 0.3) is 0 Å².